The van der Waals surface area contributed by atoms with Gasteiger partial charge in [-0.2, -0.15) is 4.98 Å². The standard InChI is InChI=1S/C17H16F2N4O2S/c1-9(2)21-16-22-11-5-6-26-14(11)15(23-16)20-8-10-3-4-12-13(7-10)25-17(18,19)24-12/h3-7,9H,8H2,1-2H3,(H2,20,21,22,23). The Morgan fingerprint density at radius 2 is 1.96 bits per heavy atom. The second-order valence-electron chi connectivity index (χ2n) is 6.13. The lowest BCUT2D eigenvalue weighted by atomic mass is 10.2. The quantitative estimate of drug-likeness (QED) is 0.684. The molecule has 136 valence electrons. The van der Waals surface area contributed by atoms with Crippen molar-refractivity contribution in [2.24, 2.45) is 0 Å². The molecule has 0 fully saturated rings. The highest BCUT2D eigenvalue weighted by Gasteiger charge is 2.43. The van der Waals surface area contributed by atoms with E-state index >= 15 is 0 Å². The van der Waals surface area contributed by atoms with E-state index in [0.29, 0.717) is 18.3 Å². The number of benzene rings is 1. The number of fused-ring (bicyclic) bond motifs is 2. The van der Waals surface area contributed by atoms with E-state index in [1.807, 2.05) is 25.3 Å². The molecule has 1 aliphatic rings. The van der Waals surface area contributed by atoms with E-state index < -0.39 is 6.29 Å². The summed E-state index contributed by atoms with van der Waals surface area (Å²) in [7, 11) is 0. The molecule has 3 aromatic rings. The van der Waals surface area contributed by atoms with Crippen LogP contribution in [0, 0.1) is 0 Å². The second-order valence-corrected chi connectivity index (χ2v) is 7.05. The van der Waals surface area contributed by atoms with Crippen LogP contribution < -0.4 is 20.1 Å². The third-order valence-electron chi connectivity index (χ3n) is 3.65. The zero-order chi connectivity index (χ0) is 18.3. The van der Waals surface area contributed by atoms with E-state index in [0.717, 1.165) is 15.8 Å². The third-order valence-corrected chi connectivity index (χ3v) is 4.56. The fourth-order valence-corrected chi connectivity index (χ4v) is 3.39. The first kappa shape index (κ1) is 16.8. The molecule has 1 aliphatic heterocycles. The van der Waals surface area contributed by atoms with Gasteiger partial charge in [-0.3, -0.25) is 0 Å². The van der Waals surface area contributed by atoms with E-state index in [2.05, 4.69) is 30.1 Å². The van der Waals surface area contributed by atoms with E-state index in [1.54, 1.807) is 6.07 Å². The predicted molar refractivity (Wildman–Crippen MR) is 96.1 cm³/mol. The van der Waals surface area contributed by atoms with Crippen LogP contribution in [0.3, 0.4) is 0 Å². The van der Waals surface area contributed by atoms with E-state index in [-0.39, 0.29) is 17.5 Å². The molecule has 0 saturated carbocycles. The number of alkyl halides is 2. The first-order valence-electron chi connectivity index (χ1n) is 8.04. The van der Waals surface area contributed by atoms with Crippen LogP contribution in [-0.2, 0) is 6.54 Å². The minimum atomic E-state index is -3.61. The van der Waals surface area contributed by atoms with Gasteiger partial charge in [-0.15, -0.1) is 20.1 Å². The molecule has 0 aliphatic carbocycles. The van der Waals surface area contributed by atoms with Crippen molar-refractivity contribution in [3.8, 4) is 11.5 Å². The Morgan fingerprint density at radius 3 is 2.77 bits per heavy atom. The lowest BCUT2D eigenvalue weighted by Crippen LogP contribution is -2.25. The smallest absolute Gasteiger partial charge is 0.395 e. The summed E-state index contributed by atoms with van der Waals surface area (Å²) in [6.07, 6.45) is -3.61. The SMILES string of the molecule is CC(C)Nc1nc(NCc2ccc3c(c2)OC(F)(F)O3)c2sccc2n1. The maximum atomic E-state index is 13.1. The van der Waals surface area contributed by atoms with Gasteiger partial charge < -0.3 is 20.1 Å². The van der Waals surface area contributed by atoms with Crippen LogP contribution in [0.5, 0.6) is 11.5 Å². The lowest BCUT2D eigenvalue weighted by molar-refractivity contribution is -0.286. The fourth-order valence-electron chi connectivity index (χ4n) is 2.60. The highest BCUT2D eigenvalue weighted by atomic mass is 32.1. The molecule has 3 heterocycles. The van der Waals surface area contributed by atoms with Crippen LogP contribution >= 0.6 is 11.3 Å². The van der Waals surface area contributed by atoms with Gasteiger partial charge in [0.2, 0.25) is 5.95 Å². The number of thiophene rings is 1. The molecule has 0 bridgehead atoms. The Morgan fingerprint density at radius 1 is 1.15 bits per heavy atom. The van der Waals surface area contributed by atoms with E-state index in [4.69, 9.17) is 0 Å². The summed E-state index contributed by atoms with van der Waals surface area (Å²) in [4.78, 5) is 9.01. The molecule has 0 spiro atoms. The molecule has 4 rings (SSSR count). The maximum absolute atomic E-state index is 13.1. The number of ether oxygens (including phenoxy) is 2. The zero-order valence-electron chi connectivity index (χ0n) is 14.0. The summed E-state index contributed by atoms with van der Waals surface area (Å²) < 4.78 is 36.1. The van der Waals surface area contributed by atoms with Crippen LogP contribution in [0.1, 0.15) is 19.4 Å². The molecule has 0 atom stereocenters. The summed E-state index contributed by atoms with van der Waals surface area (Å²) in [5.41, 5.74) is 1.62. The Balaban J connectivity index is 1.56. The molecule has 6 nitrogen and oxygen atoms in total. The number of aromatic nitrogens is 2. The van der Waals surface area contributed by atoms with Gasteiger partial charge >= 0.3 is 6.29 Å². The van der Waals surface area contributed by atoms with Crippen molar-refractivity contribution < 1.29 is 18.3 Å². The van der Waals surface area contributed by atoms with Gasteiger partial charge in [-0.25, -0.2) is 4.98 Å². The van der Waals surface area contributed by atoms with Crippen molar-refractivity contribution in [1.29, 1.82) is 0 Å². The van der Waals surface area contributed by atoms with Crippen LogP contribution in [0.25, 0.3) is 10.2 Å². The average Bonchev–Trinajstić information content (AvgIpc) is 3.13. The largest absolute Gasteiger partial charge is 0.586 e. The maximum Gasteiger partial charge on any atom is 0.586 e. The molecule has 0 amide bonds. The van der Waals surface area contributed by atoms with Crippen LogP contribution in [0.4, 0.5) is 20.5 Å². The summed E-state index contributed by atoms with van der Waals surface area (Å²) in [6, 6.07) is 6.84. The van der Waals surface area contributed by atoms with Gasteiger partial charge in [0.1, 0.15) is 5.82 Å². The molecule has 2 aromatic heterocycles. The van der Waals surface area contributed by atoms with Crippen molar-refractivity contribution in [3.63, 3.8) is 0 Å². The number of rotatable bonds is 5. The van der Waals surface area contributed by atoms with E-state index in [1.165, 1.54) is 23.5 Å². The average molecular weight is 378 g/mol. The number of hydrogen-bond acceptors (Lipinski definition) is 7. The number of nitrogens with zero attached hydrogens (tertiary/aromatic N) is 2. The lowest BCUT2D eigenvalue weighted by Gasteiger charge is -2.12. The van der Waals surface area contributed by atoms with Crippen molar-refractivity contribution in [2.45, 2.75) is 32.7 Å². The highest BCUT2D eigenvalue weighted by molar-refractivity contribution is 7.17. The van der Waals surface area contributed by atoms with E-state index in [9.17, 15) is 8.78 Å². The fraction of sp³-hybridized carbons (Fsp3) is 0.294. The van der Waals surface area contributed by atoms with Gasteiger partial charge in [0.15, 0.2) is 11.5 Å². The predicted octanol–water partition coefficient (Wildman–Crippen LogP) is 4.45. The zero-order valence-corrected chi connectivity index (χ0v) is 14.9. The molecule has 0 unspecified atom stereocenters. The molecular weight excluding hydrogens is 362 g/mol. The Labute approximate surface area is 152 Å². The molecule has 9 heteroatoms. The summed E-state index contributed by atoms with van der Waals surface area (Å²) >= 11 is 1.54. The minimum absolute atomic E-state index is 0.0282. The molecule has 0 saturated heterocycles. The first-order valence-corrected chi connectivity index (χ1v) is 8.92. The Bertz CT molecular complexity index is 961. The molecular formula is C17H16F2N4O2S. The summed E-state index contributed by atoms with van der Waals surface area (Å²) in [5.74, 6) is 1.29. The third kappa shape index (κ3) is 3.34. The number of hydrogen-bond donors (Lipinski definition) is 2. The molecule has 26 heavy (non-hydrogen) atoms. The van der Waals surface area contributed by atoms with Crippen molar-refractivity contribution in [3.05, 3.63) is 35.2 Å². The second kappa shape index (κ2) is 6.24. The topological polar surface area (TPSA) is 68.3 Å². The van der Waals surface area contributed by atoms with Gasteiger partial charge in [0.25, 0.3) is 0 Å². The van der Waals surface area contributed by atoms with Crippen molar-refractivity contribution in [1.82, 2.24) is 9.97 Å². The monoisotopic (exact) mass is 378 g/mol. The van der Waals surface area contributed by atoms with Crippen LogP contribution in [0.2, 0.25) is 0 Å². The van der Waals surface area contributed by atoms with Gasteiger partial charge in [0, 0.05) is 12.6 Å². The highest BCUT2D eigenvalue weighted by Crippen LogP contribution is 2.41. The van der Waals surface area contributed by atoms with Crippen LogP contribution in [-0.4, -0.2) is 22.3 Å². The summed E-state index contributed by atoms with van der Waals surface area (Å²) in [5, 5.41) is 8.39. The van der Waals surface area contributed by atoms with Gasteiger partial charge in [0.05, 0.1) is 10.2 Å². The number of halogens is 2. The summed E-state index contributed by atoms with van der Waals surface area (Å²) in [6.45, 7) is 4.42. The number of nitrogens with one attached hydrogen (secondary N) is 2. The Hall–Kier alpha value is -2.68. The van der Waals surface area contributed by atoms with Crippen molar-refractivity contribution in [2.75, 3.05) is 10.6 Å². The van der Waals surface area contributed by atoms with Gasteiger partial charge in [-0.1, -0.05) is 6.07 Å². The normalized spacial score (nSPS) is 14.8. The van der Waals surface area contributed by atoms with Crippen LogP contribution in [0.15, 0.2) is 29.6 Å². The Kier molecular flexibility index (Phi) is 4.03. The minimum Gasteiger partial charge on any atom is -0.395 e. The van der Waals surface area contributed by atoms with Crippen molar-refractivity contribution >= 4 is 33.3 Å². The molecule has 0 radical (unpaired) electrons. The first-order chi connectivity index (χ1) is 12.4. The molecule has 2 N–H and O–H groups in total. The number of anilines is 2. The molecule has 1 aromatic carbocycles. The van der Waals surface area contributed by atoms with Gasteiger partial charge in [-0.05, 0) is 43.0 Å².